The average molecular weight is 264 g/mol. The molecule has 3 heteroatoms. The van der Waals surface area contributed by atoms with Gasteiger partial charge in [0.2, 0.25) is 0 Å². The largest absolute Gasteiger partial charge is 0.508 e. The van der Waals surface area contributed by atoms with Crippen molar-refractivity contribution in [1.82, 2.24) is 0 Å². The second kappa shape index (κ2) is 6.09. The predicted octanol–water partition coefficient (Wildman–Crippen LogP) is 4.01. The molecule has 1 N–H and O–H groups in total. The van der Waals surface area contributed by atoms with Crippen molar-refractivity contribution in [3.63, 3.8) is 0 Å². The van der Waals surface area contributed by atoms with Crippen molar-refractivity contribution in [3.8, 4) is 11.5 Å². The van der Waals surface area contributed by atoms with Crippen molar-refractivity contribution >= 4 is 5.97 Å². The maximum Gasteiger partial charge on any atom is 0.314 e. The summed E-state index contributed by atoms with van der Waals surface area (Å²) in [6, 6.07) is 6.22. The zero-order chi connectivity index (χ0) is 14.6. The van der Waals surface area contributed by atoms with E-state index < -0.39 is 0 Å². The molecule has 19 heavy (non-hydrogen) atoms. The first-order valence-electron chi connectivity index (χ1n) is 6.70. The Labute approximate surface area is 115 Å². The van der Waals surface area contributed by atoms with Gasteiger partial charge in [-0.15, -0.1) is 0 Å². The lowest BCUT2D eigenvalue weighted by molar-refractivity contribution is -0.141. The zero-order valence-corrected chi connectivity index (χ0v) is 12.4. The smallest absolute Gasteiger partial charge is 0.314 e. The van der Waals surface area contributed by atoms with Crippen LogP contribution in [0.2, 0.25) is 0 Å². The highest BCUT2D eigenvalue weighted by Crippen LogP contribution is 2.30. The van der Waals surface area contributed by atoms with Gasteiger partial charge in [0.25, 0.3) is 0 Å². The molecule has 1 rings (SSSR count). The van der Waals surface area contributed by atoms with E-state index in [2.05, 4.69) is 20.8 Å². The number of aromatic hydroxyl groups is 1. The van der Waals surface area contributed by atoms with Crippen molar-refractivity contribution in [2.45, 2.75) is 41.0 Å². The molecule has 0 saturated carbocycles. The third-order valence-corrected chi connectivity index (χ3v) is 2.99. The first kappa shape index (κ1) is 15.5. The van der Waals surface area contributed by atoms with Crippen LogP contribution >= 0.6 is 0 Å². The van der Waals surface area contributed by atoms with Gasteiger partial charge < -0.3 is 9.84 Å². The molecule has 0 aromatic heterocycles. The molecule has 0 amide bonds. The highest BCUT2D eigenvalue weighted by atomic mass is 16.5. The number of carbonyl (C=O) groups excluding carboxylic acids is 1. The number of hydrogen-bond acceptors (Lipinski definition) is 3. The minimum absolute atomic E-state index is 0.0862. The number of esters is 1. The van der Waals surface area contributed by atoms with E-state index in [1.807, 2.05) is 13.8 Å². The van der Waals surface area contributed by atoms with Gasteiger partial charge >= 0.3 is 5.97 Å². The van der Waals surface area contributed by atoms with Gasteiger partial charge in [-0.1, -0.05) is 34.6 Å². The van der Waals surface area contributed by atoms with Gasteiger partial charge in [0.1, 0.15) is 11.5 Å². The lowest BCUT2D eigenvalue weighted by Gasteiger charge is -2.27. The number of ether oxygens (including phenoxy) is 1. The van der Waals surface area contributed by atoms with Crippen LogP contribution in [0.1, 0.15) is 41.0 Å². The lowest BCUT2D eigenvalue weighted by Crippen LogP contribution is -2.29. The average Bonchev–Trinajstić information content (AvgIpc) is 2.27. The van der Waals surface area contributed by atoms with Gasteiger partial charge in [0.15, 0.2) is 0 Å². The van der Waals surface area contributed by atoms with E-state index in [-0.39, 0.29) is 29.0 Å². The molecule has 106 valence electrons. The van der Waals surface area contributed by atoms with Crippen LogP contribution in [0.4, 0.5) is 0 Å². The highest BCUT2D eigenvalue weighted by molar-refractivity contribution is 5.75. The molecule has 1 unspecified atom stereocenters. The van der Waals surface area contributed by atoms with Crippen LogP contribution < -0.4 is 4.74 Å². The topological polar surface area (TPSA) is 46.5 Å². The maximum absolute atomic E-state index is 12.2. The van der Waals surface area contributed by atoms with E-state index in [1.165, 1.54) is 12.1 Å². The summed E-state index contributed by atoms with van der Waals surface area (Å²) in [5.41, 5.74) is 0.0862. The minimum atomic E-state index is -0.199. The summed E-state index contributed by atoms with van der Waals surface area (Å²) in [5.74, 6) is 0.561. The Morgan fingerprint density at radius 1 is 1.21 bits per heavy atom. The van der Waals surface area contributed by atoms with Crippen LogP contribution in [-0.4, -0.2) is 11.1 Å². The van der Waals surface area contributed by atoms with Crippen molar-refractivity contribution in [2.24, 2.45) is 17.3 Å². The summed E-state index contributed by atoms with van der Waals surface area (Å²) in [7, 11) is 0. The Kier molecular flexibility index (Phi) is 4.98. The Hall–Kier alpha value is -1.51. The second-order valence-corrected chi connectivity index (χ2v) is 6.53. The Morgan fingerprint density at radius 3 is 2.16 bits per heavy atom. The first-order valence-corrected chi connectivity index (χ1v) is 6.70. The van der Waals surface area contributed by atoms with E-state index in [1.54, 1.807) is 12.1 Å². The first-order chi connectivity index (χ1) is 8.69. The SMILES string of the molecule is CC(C)C(CC(C)(C)C)C(=O)Oc1ccc(O)cc1. The molecule has 0 spiro atoms. The number of phenolic OH excluding ortho intramolecular Hbond substituents is 1. The van der Waals surface area contributed by atoms with Gasteiger partial charge in [0, 0.05) is 0 Å². The van der Waals surface area contributed by atoms with Gasteiger partial charge in [0.05, 0.1) is 5.92 Å². The molecule has 0 saturated heterocycles. The second-order valence-electron chi connectivity index (χ2n) is 6.53. The molecule has 0 radical (unpaired) electrons. The van der Waals surface area contributed by atoms with Crippen LogP contribution in [0, 0.1) is 17.3 Å². The van der Waals surface area contributed by atoms with E-state index in [0.29, 0.717) is 5.75 Å². The van der Waals surface area contributed by atoms with Crippen LogP contribution in [0.15, 0.2) is 24.3 Å². The molecule has 0 bridgehead atoms. The Morgan fingerprint density at radius 2 is 1.74 bits per heavy atom. The molecule has 0 aliphatic heterocycles. The van der Waals surface area contributed by atoms with E-state index in [4.69, 9.17) is 4.74 Å². The normalized spacial score (nSPS) is 13.4. The standard InChI is InChI=1S/C16H24O3/c1-11(2)14(10-16(3,4)5)15(18)19-13-8-6-12(17)7-9-13/h6-9,11,14,17H,10H2,1-5H3. The number of hydrogen-bond donors (Lipinski definition) is 1. The number of rotatable bonds is 4. The fraction of sp³-hybridized carbons (Fsp3) is 0.562. The molecule has 0 aliphatic carbocycles. The Balaban J connectivity index is 2.75. The van der Waals surface area contributed by atoms with Crippen molar-refractivity contribution in [3.05, 3.63) is 24.3 Å². The van der Waals surface area contributed by atoms with Crippen molar-refractivity contribution < 1.29 is 14.6 Å². The quantitative estimate of drug-likeness (QED) is 0.660. The number of phenols is 1. The molecular weight excluding hydrogens is 240 g/mol. The molecule has 0 fully saturated rings. The summed E-state index contributed by atoms with van der Waals surface area (Å²) < 4.78 is 5.39. The fourth-order valence-electron chi connectivity index (χ4n) is 1.96. The van der Waals surface area contributed by atoms with E-state index >= 15 is 0 Å². The van der Waals surface area contributed by atoms with Gasteiger partial charge in [-0.05, 0) is 42.0 Å². The predicted molar refractivity (Wildman–Crippen MR) is 76.1 cm³/mol. The third kappa shape index (κ3) is 5.33. The van der Waals surface area contributed by atoms with Gasteiger partial charge in [-0.3, -0.25) is 4.79 Å². The van der Waals surface area contributed by atoms with Crippen LogP contribution in [0.3, 0.4) is 0 Å². The number of carbonyl (C=O) groups is 1. The molecule has 1 aromatic rings. The monoisotopic (exact) mass is 264 g/mol. The molecule has 0 heterocycles. The molecule has 1 atom stereocenters. The maximum atomic E-state index is 12.2. The molecule has 1 aromatic carbocycles. The summed E-state index contributed by atoms with van der Waals surface area (Å²) >= 11 is 0. The van der Waals surface area contributed by atoms with E-state index in [9.17, 15) is 9.90 Å². The Bertz CT molecular complexity index is 413. The lowest BCUT2D eigenvalue weighted by atomic mass is 9.80. The highest BCUT2D eigenvalue weighted by Gasteiger charge is 2.29. The minimum Gasteiger partial charge on any atom is -0.508 e. The summed E-state index contributed by atoms with van der Waals surface area (Å²) in [6.07, 6.45) is 0.793. The number of benzene rings is 1. The van der Waals surface area contributed by atoms with Gasteiger partial charge in [-0.2, -0.15) is 0 Å². The molecule has 3 nitrogen and oxygen atoms in total. The van der Waals surface area contributed by atoms with Crippen LogP contribution in [-0.2, 0) is 4.79 Å². The molecular formula is C16H24O3. The summed E-state index contributed by atoms with van der Waals surface area (Å²) in [5, 5.41) is 9.20. The fourth-order valence-corrected chi connectivity index (χ4v) is 1.96. The van der Waals surface area contributed by atoms with Gasteiger partial charge in [-0.25, -0.2) is 0 Å². The third-order valence-electron chi connectivity index (χ3n) is 2.99. The summed E-state index contributed by atoms with van der Waals surface area (Å²) in [4.78, 5) is 12.2. The molecule has 0 aliphatic rings. The summed E-state index contributed by atoms with van der Waals surface area (Å²) in [6.45, 7) is 10.4. The van der Waals surface area contributed by atoms with Crippen molar-refractivity contribution in [1.29, 1.82) is 0 Å². The van der Waals surface area contributed by atoms with E-state index in [0.717, 1.165) is 6.42 Å². The van der Waals surface area contributed by atoms with Crippen LogP contribution in [0.5, 0.6) is 11.5 Å². The zero-order valence-electron chi connectivity index (χ0n) is 12.4. The van der Waals surface area contributed by atoms with Crippen molar-refractivity contribution in [2.75, 3.05) is 0 Å². The van der Waals surface area contributed by atoms with Crippen LogP contribution in [0.25, 0.3) is 0 Å².